The van der Waals surface area contributed by atoms with E-state index in [1.165, 1.54) is 0 Å². The molecule has 4 nitrogen and oxygen atoms in total. The normalized spacial score (nSPS) is 11.4. The number of imidazole rings is 1. The molecule has 0 spiro atoms. The highest BCUT2D eigenvalue weighted by Gasteiger charge is 2.19. The highest BCUT2D eigenvalue weighted by Crippen LogP contribution is 2.27. The Morgan fingerprint density at radius 1 is 1.50 bits per heavy atom. The van der Waals surface area contributed by atoms with Gasteiger partial charge >= 0.3 is 5.97 Å². The van der Waals surface area contributed by atoms with Crippen molar-refractivity contribution in [1.82, 2.24) is 9.38 Å². The Kier molecular flexibility index (Phi) is 3.50. The summed E-state index contributed by atoms with van der Waals surface area (Å²) >= 11 is 12.0. The van der Waals surface area contributed by atoms with Gasteiger partial charge in [-0.05, 0) is 12.0 Å². The van der Waals surface area contributed by atoms with E-state index in [0.29, 0.717) is 21.4 Å². The summed E-state index contributed by atoms with van der Waals surface area (Å²) < 4.78 is 1.66. The number of carbonyl (C=O) groups is 1. The number of rotatable bonds is 3. The number of pyridine rings is 1. The molecule has 0 saturated heterocycles. The fourth-order valence-electron chi connectivity index (χ4n) is 1.92. The van der Waals surface area contributed by atoms with Crippen LogP contribution in [0.4, 0.5) is 0 Å². The molecule has 1 N–H and O–H groups in total. The average molecular weight is 287 g/mol. The van der Waals surface area contributed by atoms with Crippen LogP contribution in [0.15, 0.2) is 12.3 Å². The van der Waals surface area contributed by atoms with Gasteiger partial charge in [-0.2, -0.15) is 0 Å². The molecule has 2 aromatic heterocycles. The van der Waals surface area contributed by atoms with Gasteiger partial charge in [-0.1, -0.05) is 37.0 Å². The summed E-state index contributed by atoms with van der Waals surface area (Å²) in [6, 6.07) is 1.60. The third-order valence-corrected chi connectivity index (χ3v) is 3.12. The zero-order valence-corrected chi connectivity index (χ0v) is 11.5. The molecule has 2 heterocycles. The minimum atomic E-state index is -0.908. The van der Waals surface area contributed by atoms with Gasteiger partial charge in [0.1, 0.15) is 0 Å². The lowest BCUT2D eigenvalue weighted by Crippen LogP contribution is -2.06. The first-order valence-electron chi connectivity index (χ1n) is 5.47. The number of aliphatic carboxylic acids is 1. The van der Waals surface area contributed by atoms with E-state index in [-0.39, 0.29) is 12.3 Å². The van der Waals surface area contributed by atoms with Crippen LogP contribution in [0.2, 0.25) is 10.0 Å². The van der Waals surface area contributed by atoms with Gasteiger partial charge in [0.15, 0.2) is 5.65 Å². The van der Waals surface area contributed by atoms with Gasteiger partial charge in [-0.15, -0.1) is 0 Å². The number of fused-ring (bicyclic) bond motifs is 1. The maximum absolute atomic E-state index is 10.9. The molecule has 0 fully saturated rings. The van der Waals surface area contributed by atoms with Crippen molar-refractivity contribution in [2.45, 2.75) is 26.2 Å². The molecule has 18 heavy (non-hydrogen) atoms. The lowest BCUT2D eigenvalue weighted by Gasteiger charge is -2.05. The van der Waals surface area contributed by atoms with Gasteiger partial charge in [0.2, 0.25) is 0 Å². The summed E-state index contributed by atoms with van der Waals surface area (Å²) in [5, 5.41) is 9.85. The van der Waals surface area contributed by atoms with Gasteiger partial charge < -0.3 is 9.51 Å². The highest BCUT2D eigenvalue weighted by atomic mass is 35.5. The molecule has 6 heteroatoms. The van der Waals surface area contributed by atoms with Crippen molar-refractivity contribution in [2.24, 2.45) is 0 Å². The molecule has 0 aliphatic carbocycles. The van der Waals surface area contributed by atoms with E-state index in [4.69, 9.17) is 28.3 Å². The number of halogens is 2. The Hall–Kier alpha value is -1.26. The minimum absolute atomic E-state index is 0.106. The largest absolute Gasteiger partial charge is 0.481 e. The van der Waals surface area contributed by atoms with E-state index < -0.39 is 5.97 Å². The molecule has 0 atom stereocenters. The predicted octanol–water partition coefficient (Wildman–Crippen LogP) is 3.39. The number of nitrogens with zero attached hydrogens (tertiary/aromatic N) is 2. The van der Waals surface area contributed by atoms with Crippen molar-refractivity contribution in [3.05, 3.63) is 33.7 Å². The van der Waals surface area contributed by atoms with Crippen molar-refractivity contribution < 1.29 is 9.90 Å². The number of carboxylic acid groups (broad SMARTS) is 1. The van der Waals surface area contributed by atoms with Crippen LogP contribution < -0.4 is 0 Å². The number of carboxylic acids is 1. The maximum Gasteiger partial charge on any atom is 0.309 e. The topological polar surface area (TPSA) is 54.6 Å². The molecule has 0 saturated carbocycles. The standard InChI is InChI=1S/C12H12Cl2N2O2/c1-6(2)11-9(4-10(17)18)16-5-7(13)3-8(14)12(16)15-11/h3,5-6H,4H2,1-2H3,(H,17,18). The molecule has 96 valence electrons. The smallest absolute Gasteiger partial charge is 0.309 e. The second-order valence-corrected chi connectivity index (χ2v) is 5.21. The summed E-state index contributed by atoms with van der Waals surface area (Å²) in [5.41, 5.74) is 1.90. The first-order valence-corrected chi connectivity index (χ1v) is 6.23. The van der Waals surface area contributed by atoms with Crippen LogP contribution in [-0.2, 0) is 11.2 Å². The molecule has 0 aliphatic rings. The monoisotopic (exact) mass is 286 g/mol. The fraction of sp³-hybridized carbons (Fsp3) is 0.333. The van der Waals surface area contributed by atoms with E-state index in [0.717, 1.165) is 5.69 Å². The van der Waals surface area contributed by atoms with Crippen molar-refractivity contribution in [1.29, 1.82) is 0 Å². The molecule has 0 aromatic carbocycles. The summed E-state index contributed by atoms with van der Waals surface area (Å²) in [6.45, 7) is 3.92. The van der Waals surface area contributed by atoms with Crippen LogP contribution >= 0.6 is 23.2 Å². The lowest BCUT2D eigenvalue weighted by atomic mass is 10.1. The zero-order valence-electron chi connectivity index (χ0n) is 9.94. The zero-order chi connectivity index (χ0) is 13.4. The van der Waals surface area contributed by atoms with Gasteiger partial charge in [0.25, 0.3) is 0 Å². The van der Waals surface area contributed by atoms with E-state index in [2.05, 4.69) is 4.98 Å². The van der Waals surface area contributed by atoms with Crippen molar-refractivity contribution in [2.75, 3.05) is 0 Å². The number of hydrogen-bond donors (Lipinski definition) is 1. The summed E-state index contributed by atoms with van der Waals surface area (Å²) in [5.74, 6) is -0.788. The molecule has 2 rings (SSSR count). The second kappa shape index (κ2) is 4.78. The van der Waals surface area contributed by atoms with Crippen LogP contribution in [0, 0.1) is 0 Å². The van der Waals surface area contributed by atoms with Gasteiger partial charge in [0, 0.05) is 6.20 Å². The first kappa shape index (κ1) is 13.2. The molecular weight excluding hydrogens is 275 g/mol. The molecule has 0 radical (unpaired) electrons. The quantitative estimate of drug-likeness (QED) is 0.941. The van der Waals surface area contributed by atoms with Crippen molar-refractivity contribution in [3.8, 4) is 0 Å². The van der Waals surface area contributed by atoms with Crippen molar-refractivity contribution >= 4 is 34.8 Å². The molecule has 0 aliphatic heterocycles. The van der Waals surface area contributed by atoms with Gasteiger partial charge in [0.05, 0.1) is 27.9 Å². The van der Waals surface area contributed by atoms with Crippen molar-refractivity contribution in [3.63, 3.8) is 0 Å². The molecule has 0 amide bonds. The van der Waals surface area contributed by atoms with E-state index >= 15 is 0 Å². The van der Waals surface area contributed by atoms with Crippen LogP contribution in [0.5, 0.6) is 0 Å². The summed E-state index contributed by atoms with van der Waals surface area (Å²) in [4.78, 5) is 15.4. The molecule has 0 unspecified atom stereocenters. The van der Waals surface area contributed by atoms with Crippen LogP contribution in [0.25, 0.3) is 5.65 Å². The molecule has 2 aromatic rings. The van der Waals surface area contributed by atoms with E-state index in [9.17, 15) is 4.79 Å². The Labute approximate surface area is 114 Å². The molecule has 0 bridgehead atoms. The number of hydrogen-bond acceptors (Lipinski definition) is 2. The Bertz CT molecular complexity index is 620. The predicted molar refractivity (Wildman–Crippen MR) is 70.6 cm³/mol. The minimum Gasteiger partial charge on any atom is -0.481 e. The summed E-state index contributed by atoms with van der Waals surface area (Å²) in [6.07, 6.45) is 1.53. The summed E-state index contributed by atoms with van der Waals surface area (Å²) in [7, 11) is 0. The van der Waals surface area contributed by atoms with Gasteiger partial charge in [-0.25, -0.2) is 4.98 Å². The highest BCUT2D eigenvalue weighted by molar-refractivity contribution is 6.36. The number of aromatic nitrogens is 2. The Morgan fingerprint density at radius 3 is 2.72 bits per heavy atom. The second-order valence-electron chi connectivity index (χ2n) is 4.37. The van der Waals surface area contributed by atoms with Crippen LogP contribution in [-0.4, -0.2) is 20.5 Å². The Balaban J connectivity index is 2.76. The Morgan fingerprint density at radius 2 is 2.17 bits per heavy atom. The first-order chi connectivity index (χ1) is 8.40. The van der Waals surface area contributed by atoms with Crippen LogP contribution in [0.3, 0.4) is 0 Å². The average Bonchev–Trinajstić information content (AvgIpc) is 2.57. The molecular formula is C12H12Cl2N2O2. The van der Waals surface area contributed by atoms with E-state index in [1.54, 1.807) is 16.7 Å². The third-order valence-electron chi connectivity index (χ3n) is 2.64. The van der Waals surface area contributed by atoms with E-state index in [1.807, 2.05) is 13.8 Å². The maximum atomic E-state index is 10.9. The van der Waals surface area contributed by atoms with Crippen LogP contribution in [0.1, 0.15) is 31.2 Å². The SMILES string of the molecule is CC(C)c1nc2c(Cl)cc(Cl)cn2c1CC(=O)O. The fourth-order valence-corrected chi connectivity index (χ4v) is 2.43. The third kappa shape index (κ3) is 2.31. The van der Waals surface area contributed by atoms with Gasteiger partial charge in [-0.3, -0.25) is 4.79 Å². The lowest BCUT2D eigenvalue weighted by molar-refractivity contribution is -0.136.